The number of halogens is 2. The van der Waals surface area contributed by atoms with E-state index in [4.69, 9.17) is 0 Å². The molecule has 5 heteroatoms. The smallest absolute Gasteiger partial charge is 0.261 e. The SMILES string of the molecule is O=C1c2ccccc2C(=O)N1CCCCCC(F)F. The molecule has 0 fully saturated rings. The highest BCUT2D eigenvalue weighted by molar-refractivity contribution is 6.21. The predicted octanol–water partition coefficient (Wildman–Crippen LogP) is 3.11. The van der Waals surface area contributed by atoms with Crippen LogP contribution in [0.15, 0.2) is 24.3 Å². The van der Waals surface area contributed by atoms with Crippen molar-refractivity contribution in [3.63, 3.8) is 0 Å². The summed E-state index contributed by atoms with van der Waals surface area (Å²) in [5, 5.41) is 0. The summed E-state index contributed by atoms with van der Waals surface area (Å²) < 4.78 is 23.9. The number of unbranched alkanes of at least 4 members (excludes halogenated alkanes) is 2. The molecule has 0 aliphatic carbocycles. The van der Waals surface area contributed by atoms with E-state index in [2.05, 4.69) is 0 Å². The monoisotopic (exact) mass is 267 g/mol. The topological polar surface area (TPSA) is 37.4 Å². The van der Waals surface area contributed by atoms with E-state index in [1.165, 1.54) is 4.90 Å². The summed E-state index contributed by atoms with van der Waals surface area (Å²) in [7, 11) is 0. The molecule has 0 unspecified atom stereocenters. The number of alkyl halides is 2. The van der Waals surface area contributed by atoms with Gasteiger partial charge in [0.1, 0.15) is 0 Å². The molecule has 1 aromatic rings. The quantitative estimate of drug-likeness (QED) is 0.586. The number of hydrogen-bond acceptors (Lipinski definition) is 2. The second-order valence-electron chi connectivity index (χ2n) is 4.55. The van der Waals surface area contributed by atoms with Crippen LogP contribution in [0.5, 0.6) is 0 Å². The van der Waals surface area contributed by atoms with Gasteiger partial charge in [-0.15, -0.1) is 0 Å². The lowest BCUT2D eigenvalue weighted by Crippen LogP contribution is -2.30. The first-order chi connectivity index (χ1) is 9.11. The molecule has 1 aliphatic rings. The fourth-order valence-corrected chi connectivity index (χ4v) is 2.19. The molecule has 0 aromatic heterocycles. The van der Waals surface area contributed by atoms with E-state index in [1.807, 2.05) is 0 Å². The largest absolute Gasteiger partial charge is 0.274 e. The molecule has 102 valence electrons. The number of rotatable bonds is 6. The molecule has 2 amide bonds. The maximum absolute atomic E-state index is 12.0. The summed E-state index contributed by atoms with van der Waals surface area (Å²) in [5.74, 6) is -0.566. The minimum atomic E-state index is -2.28. The van der Waals surface area contributed by atoms with Gasteiger partial charge in [0.15, 0.2) is 0 Å². The zero-order chi connectivity index (χ0) is 13.8. The average Bonchev–Trinajstić information content (AvgIpc) is 2.63. The Morgan fingerprint density at radius 2 is 1.53 bits per heavy atom. The number of carbonyl (C=O) groups excluding carboxylic acids is 2. The van der Waals surface area contributed by atoms with Gasteiger partial charge >= 0.3 is 0 Å². The van der Waals surface area contributed by atoms with Crippen molar-refractivity contribution >= 4 is 11.8 Å². The lowest BCUT2D eigenvalue weighted by atomic mass is 10.1. The molecule has 0 bridgehead atoms. The highest BCUT2D eigenvalue weighted by Crippen LogP contribution is 2.22. The van der Waals surface area contributed by atoms with Crippen molar-refractivity contribution in [2.45, 2.75) is 32.1 Å². The van der Waals surface area contributed by atoms with Gasteiger partial charge in [0.05, 0.1) is 11.1 Å². The molecule has 1 aliphatic heterocycles. The van der Waals surface area contributed by atoms with Gasteiger partial charge < -0.3 is 0 Å². The lowest BCUT2D eigenvalue weighted by molar-refractivity contribution is 0.0649. The highest BCUT2D eigenvalue weighted by Gasteiger charge is 2.34. The van der Waals surface area contributed by atoms with Crippen LogP contribution in [-0.4, -0.2) is 29.7 Å². The molecule has 1 aromatic carbocycles. The first kappa shape index (κ1) is 13.6. The van der Waals surface area contributed by atoms with Crippen molar-refractivity contribution in [3.8, 4) is 0 Å². The summed E-state index contributed by atoms with van der Waals surface area (Å²) in [4.78, 5) is 25.1. The molecule has 0 radical (unpaired) electrons. The second-order valence-corrected chi connectivity index (χ2v) is 4.55. The summed E-state index contributed by atoms with van der Waals surface area (Å²) in [6.45, 7) is 0.301. The third-order valence-corrected chi connectivity index (χ3v) is 3.18. The van der Waals surface area contributed by atoms with Crippen molar-refractivity contribution < 1.29 is 18.4 Å². The molecular weight excluding hydrogens is 252 g/mol. The van der Waals surface area contributed by atoms with E-state index in [0.29, 0.717) is 36.9 Å². The normalized spacial score (nSPS) is 14.4. The van der Waals surface area contributed by atoms with Gasteiger partial charge in [0, 0.05) is 13.0 Å². The van der Waals surface area contributed by atoms with Crippen LogP contribution in [0.25, 0.3) is 0 Å². The average molecular weight is 267 g/mol. The Morgan fingerprint density at radius 3 is 2.05 bits per heavy atom. The van der Waals surface area contributed by atoms with Crippen LogP contribution in [0, 0.1) is 0 Å². The lowest BCUT2D eigenvalue weighted by Gasteiger charge is -2.13. The van der Waals surface area contributed by atoms with Crippen LogP contribution in [0.3, 0.4) is 0 Å². The Morgan fingerprint density at radius 1 is 0.947 bits per heavy atom. The van der Waals surface area contributed by atoms with E-state index >= 15 is 0 Å². The number of amides is 2. The van der Waals surface area contributed by atoms with Gasteiger partial charge in [0.25, 0.3) is 11.8 Å². The maximum Gasteiger partial charge on any atom is 0.261 e. The molecule has 2 rings (SSSR count). The Balaban J connectivity index is 1.87. The fourth-order valence-electron chi connectivity index (χ4n) is 2.19. The van der Waals surface area contributed by atoms with Gasteiger partial charge in [-0.2, -0.15) is 0 Å². The molecule has 0 spiro atoms. The zero-order valence-corrected chi connectivity index (χ0v) is 10.4. The molecule has 19 heavy (non-hydrogen) atoms. The predicted molar refractivity (Wildman–Crippen MR) is 66.3 cm³/mol. The van der Waals surface area contributed by atoms with E-state index in [1.54, 1.807) is 24.3 Å². The summed E-state index contributed by atoms with van der Waals surface area (Å²) in [6.07, 6.45) is -0.821. The van der Waals surface area contributed by atoms with Crippen LogP contribution in [0.4, 0.5) is 8.78 Å². The third-order valence-electron chi connectivity index (χ3n) is 3.18. The molecule has 0 saturated carbocycles. The number of nitrogens with zero attached hydrogens (tertiary/aromatic N) is 1. The van der Waals surface area contributed by atoms with E-state index < -0.39 is 6.43 Å². The van der Waals surface area contributed by atoms with Crippen LogP contribution < -0.4 is 0 Å². The number of benzene rings is 1. The molecule has 1 heterocycles. The first-order valence-electron chi connectivity index (χ1n) is 6.34. The van der Waals surface area contributed by atoms with Gasteiger partial charge in [-0.05, 0) is 25.0 Å². The van der Waals surface area contributed by atoms with E-state index in [9.17, 15) is 18.4 Å². The van der Waals surface area contributed by atoms with Gasteiger partial charge in [-0.3, -0.25) is 14.5 Å². The Hall–Kier alpha value is -1.78. The number of imide groups is 1. The minimum Gasteiger partial charge on any atom is -0.274 e. The van der Waals surface area contributed by atoms with Crippen molar-refractivity contribution in [2.75, 3.05) is 6.54 Å². The molecule has 0 N–H and O–H groups in total. The number of carbonyl (C=O) groups is 2. The number of hydrogen-bond donors (Lipinski definition) is 0. The molecule has 0 atom stereocenters. The van der Waals surface area contributed by atoms with Crippen LogP contribution in [0.1, 0.15) is 46.4 Å². The first-order valence-corrected chi connectivity index (χ1v) is 6.34. The van der Waals surface area contributed by atoms with Crippen LogP contribution >= 0.6 is 0 Å². The third kappa shape index (κ3) is 2.97. The Labute approximate surface area is 110 Å². The Kier molecular flexibility index (Phi) is 4.24. The minimum absolute atomic E-state index is 0.123. The van der Waals surface area contributed by atoms with Crippen molar-refractivity contribution in [3.05, 3.63) is 35.4 Å². The standard InChI is InChI=1S/C14H15F2NO2/c15-12(16)8-2-1-5-9-17-13(18)10-6-3-4-7-11(10)14(17)19/h3-4,6-7,12H,1-2,5,8-9H2. The molecule has 0 saturated heterocycles. The van der Waals surface area contributed by atoms with Crippen molar-refractivity contribution in [2.24, 2.45) is 0 Å². The molecule has 3 nitrogen and oxygen atoms in total. The van der Waals surface area contributed by atoms with Gasteiger partial charge in [-0.1, -0.05) is 18.6 Å². The molecular formula is C14H15F2NO2. The van der Waals surface area contributed by atoms with Gasteiger partial charge in [0.2, 0.25) is 6.43 Å². The summed E-state index contributed by atoms with van der Waals surface area (Å²) in [5.41, 5.74) is 0.861. The Bertz CT molecular complexity index is 453. The van der Waals surface area contributed by atoms with E-state index in [0.717, 1.165) is 0 Å². The second kappa shape index (κ2) is 5.91. The highest BCUT2D eigenvalue weighted by atomic mass is 19.3. The summed E-state index contributed by atoms with van der Waals surface area (Å²) in [6, 6.07) is 6.70. The zero-order valence-electron chi connectivity index (χ0n) is 10.4. The number of fused-ring (bicyclic) bond motifs is 1. The maximum atomic E-state index is 12.0. The van der Waals surface area contributed by atoms with Crippen LogP contribution in [0.2, 0.25) is 0 Å². The van der Waals surface area contributed by atoms with Crippen molar-refractivity contribution in [1.82, 2.24) is 4.90 Å². The van der Waals surface area contributed by atoms with Gasteiger partial charge in [-0.25, -0.2) is 8.78 Å². The summed E-state index contributed by atoms with van der Waals surface area (Å²) >= 11 is 0. The van der Waals surface area contributed by atoms with Crippen LogP contribution in [-0.2, 0) is 0 Å². The van der Waals surface area contributed by atoms with Crippen molar-refractivity contribution in [1.29, 1.82) is 0 Å². The fraction of sp³-hybridized carbons (Fsp3) is 0.429. The van der Waals surface area contributed by atoms with E-state index in [-0.39, 0.29) is 18.2 Å².